The molecule has 0 radical (unpaired) electrons. The van der Waals surface area contributed by atoms with Crippen molar-refractivity contribution in [2.45, 2.75) is 17.3 Å². The molecule has 0 aliphatic heterocycles. The van der Waals surface area contributed by atoms with Crippen molar-refractivity contribution in [3.05, 3.63) is 58.2 Å². The number of carbonyl (C=O) groups excluding carboxylic acids is 1. The van der Waals surface area contributed by atoms with E-state index in [1.807, 2.05) is 18.2 Å². The van der Waals surface area contributed by atoms with E-state index < -0.39 is 0 Å². The van der Waals surface area contributed by atoms with Crippen LogP contribution in [0.3, 0.4) is 0 Å². The number of rotatable bonds is 3. The summed E-state index contributed by atoms with van der Waals surface area (Å²) in [6.07, 6.45) is 5.56. The van der Waals surface area contributed by atoms with Crippen LogP contribution in [0.4, 0.5) is 0 Å². The summed E-state index contributed by atoms with van der Waals surface area (Å²) in [6, 6.07) is 10.3. The van der Waals surface area contributed by atoms with Crippen LogP contribution in [-0.2, 0) is 11.3 Å². The van der Waals surface area contributed by atoms with Crippen molar-refractivity contribution >= 4 is 37.6 Å². The van der Waals surface area contributed by atoms with Gasteiger partial charge < -0.3 is 5.32 Å². The molecule has 0 amide bonds. The number of hydrogen-bond donors (Lipinski definition) is 1. The number of Topliss-reactive ketones (excluding diaryl/α,β-unsaturated/α-hetero) is 1. The fourth-order valence-electron chi connectivity index (χ4n) is 3.98. The summed E-state index contributed by atoms with van der Waals surface area (Å²) in [6.45, 7) is 0.736. The molecule has 2 nitrogen and oxygen atoms in total. The van der Waals surface area contributed by atoms with Crippen molar-refractivity contribution in [1.29, 1.82) is 0 Å². The zero-order valence-electron chi connectivity index (χ0n) is 11.4. The number of alkyl halides is 1. The van der Waals surface area contributed by atoms with Crippen LogP contribution >= 0.6 is 31.9 Å². The van der Waals surface area contributed by atoms with E-state index in [9.17, 15) is 4.79 Å². The average molecular weight is 409 g/mol. The van der Waals surface area contributed by atoms with Crippen LogP contribution < -0.4 is 5.32 Å². The molecule has 4 heteroatoms. The minimum atomic E-state index is -0.239. The van der Waals surface area contributed by atoms with Gasteiger partial charge in [-0.15, -0.1) is 0 Å². The molecule has 3 aliphatic rings. The van der Waals surface area contributed by atoms with Gasteiger partial charge in [-0.2, -0.15) is 0 Å². The molecule has 1 fully saturated rings. The van der Waals surface area contributed by atoms with Crippen LogP contribution in [-0.4, -0.2) is 10.1 Å². The van der Waals surface area contributed by atoms with Gasteiger partial charge in [0.25, 0.3) is 0 Å². The van der Waals surface area contributed by atoms with E-state index in [0.29, 0.717) is 11.8 Å². The first kappa shape index (κ1) is 13.8. The first-order valence-electron chi connectivity index (χ1n) is 7.22. The lowest BCUT2D eigenvalue weighted by atomic mass is 9.83. The Morgan fingerprint density at radius 2 is 2.00 bits per heavy atom. The van der Waals surface area contributed by atoms with Crippen LogP contribution in [0.15, 0.2) is 52.7 Å². The van der Waals surface area contributed by atoms with Crippen molar-refractivity contribution in [2.75, 3.05) is 0 Å². The predicted molar refractivity (Wildman–Crippen MR) is 90.1 cm³/mol. The Bertz CT molecular complexity index is 667. The van der Waals surface area contributed by atoms with E-state index in [1.54, 1.807) is 0 Å². The van der Waals surface area contributed by atoms with E-state index in [0.717, 1.165) is 23.1 Å². The number of benzene rings is 1. The van der Waals surface area contributed by atoms with Crippen LogP contribution in [0.25, 0.3) is 0 Å². The molecular formula is C17H15Br2NO. The molecule has 0 spiro atoms. The molecule has 1 aromatic carbocycles. The zero-order chi connectivity index (χ0) is 14.6. The third-order valence-electron chi connectivity index (χ3n) is 4.95. The van der Waals surface area contributed by atoms with Gasteiger partial charge in [-0.05, 0) is 39.8 Å². The number of allylic oxidation sites excluding steroid dienone is 4. The highest BCUT2D eigenvalue weighted by Crippen LogP contribution is 2.63. The third kappa shape index (κ3) is 1.85. The average Bonchev–Trinajstić information content (AvgIpc) is 3.12. The van der Waals surface area contributed by atoms with Crippen molar-refractivity contribution in [3.8, 4) is 0 Å². The number of halogens is 2. The quantitative estimate of drug-likeness (QED) is 0.606. The largest absolute Gasteiger partial charge is 0.382 e. The van der Waals surface area contributed by atoms with Gasteiger partial charge in [0, 0.05) is 12.2 Å². The van der Waals surface area contributed by atoms with Gasteiger partial charge in [0.15, 0.2) is 5.78 Å². The third-order valence-corrected chi connectivity index (χ3v) is 7.22. The second kappa shape index (κ2) is 4.82. The number of fused-ring (bicyclic) bond motifs is 5. The van der Waals surface area contributed by atoms with Crippen molar-refractivity contribution in [2.24, 2.45) is 17.8 Å². The van der Waals surface area contributed by atoms with E-state index in [2.05, 4.69) is 61.5 Å². The molecule has 0 saturated heterocycles. The number of hydrogen-bond acceptors (Lipinski definition) is 2. The zero-order valence-corrected chi connectivity index (χ0v) is 14.5. The number of carbonyl (C=O) groups is 1. The molecule has 4 atom stereocenters. The van der Waals surface area contributed by atoms with E-state index in [1.165, 1.54) is 5.56 Å². The standard InChI is InChI=1S/C17H15Br2NO/c18-14-15(21)13-11-6-7-12(8-11)17(13,19)16(14)20-9-10-4-2-1-3-5-10/h1-7,11-13,20H,8-9H2/t11-,12+,13+,17-/m1/s1. The highest BCUT2D eigenvalue weighted by Gasteiger charge is 2.64. The molecule has 0 heterocycles. The number of nitrogens with one attached hydrogen (secondary N) is 1. The molecule has 0 unspecified atom stereocenters. The van der Waals surface area contributed by atoms with Gasteiger partial charge in [-0.3, -0.25) is 4.79 Å². The summed E-state index contributed by atoms with van der Waals surface area (Å²) < 4.78 is 0.482. The van der Waals surface area contributed by atoms with Crippen LogP contribution in [0.5, 0.6) is 0 Å². The van der Waals surface area contributed by atoms with Gasteiger partial charge in [0.2, 0.25) is 0 Å². The summed E-state index contributed by atoms with van der Waals surface area (Å²) in [4.78, 5) is 12.6. The van der Waals surface area contributed by atoms with Crippen LogP contribution in [0.1, 0.15) is 12.0 Å². The Kier molecular flexibility index (Phi) is 3.16. The fourth-order valence-corrected chi connectivity index (χ4v) is 6.19. The molecule has 108 valence electrons. The SMILES string of the molecule is O=C1C(Br)=C(NCc2ccccc2)[C@]2(Br)[C@H]1[C@@H]1C=C[C@H]2C1. The minimum absolute atomic E-state index is 0.0418. The lowest BCUT2D eigenvalue weighted by Gasteiger charge is -2.33. The lowest BCUT2D eigenvalue weighted by molar-refractivity contribution is -0.118. The van der Waals surface area contributed by atoms with Gasteiger partial charge >= 0.3 is 0 Å². The fraction of sp³-hybridized carbons (Fsp3) is 0.353. The molecule has 4 rings (SSSR count). The topological polar surface area (TPSA) is 29.1 Å². The summed E-state index contributed by atoms with van der Waals surface area (Å²) in [5.41, 5.74) is 2.24. The van der Waals surface area contributed by atoms with Gasteiger partial charge in [-0.25, -0.2) is 0 Å². The van der Waals surface area contributed by atoms with Gasteiger partial charge in [0.1, 0.15) is 0 Å². The maximum Gasteiger partial charge on any atom is 0.177 e. The Hall–Kier alpha value is -0.870. The Balaban J connectivity index is 1.64. The van der Waals surface area contributed by atoms with E-state index in [-0.39, 0.29) is 16.0 Å². The Morgan fingerprint density at radius 3 is 2.76 bits per heavy atom. The molecule has 1 aromatic rings. The number of ketones is 1. The molecule has 1 N–H and O–H groups in total. The van der Waals surface area contributed by atoms with Crippen LogP contribution in [0, 0.1) is 17.8 Å². The van der Waals surface area contributed by atoms with Crippen LogP contribution in [0.2, 0.25) is 0 Å². The summed E-state index contributed by atoms with van der Waals surface area (Å²) in [7, 11) is 0. The first-order chi connectivity index (χ1) is 10.1. The van der Waals surface area contributed by atoms with Gasteiger partial charge in [0.05, 0.1) is 14.7 Å². The summed E-state index contributed by atoms with van der Waals surface area (Å²) in [5.74, 6) is 1.06. The highest BCUT2D eigenvalue weighted by molar-refractivity contribution is 9.12. The molecular weight excluding hydrogens is 394 g/mol. The lowest BCUT2D eigenvalue weighted by Crippen LogP contribution is -2.40. The smallest absolute Gasteiger partial charge is 0.177 e. The molecule has 0 aromatic heterocycles. The second-order valence-electron chi connectivity index (χ2n) is 6.03. The summed E-state index contributed by atoms with van der Waals surface area (Å²) in [5, 5.41) is 3.51. The molecule has 21 heavy (non-hydrogen) atoms. The van der Waals surface area contributed by atoms with E-state index in [4.69, 9.17) is 0 Å². The highest BCUT2D eigenvalue weighted by atomic mass is 79.9. The summed E-state index contributed by atoms with van der Waals surface area (Å²) >= 11 is 7.46. The van der Waals surface area contributed by atoms with Crippen molar-refractivity contribution < 1.29 is 4.79 Å². The maximum absolute atomic E-state index is 12.6. The first-order valence-corrected chi connectivity index (χ1v) is 8.80. The Morgan fingerprint density at radius 1 is 1.24 bits per heavy atom. The molecule has 2 bridgehead atoms. The maximum atomic E-state index is 12.6. The predicted octanol–water partition coefficient (Wildman–Crippen LogP) is 3.92. The van der Waals surface area contributed by atoms with E-state index >= 15 is 0 Å². The monoisotopic (exact) mass is 407 g/mol. The Labute approximate surface area is 140 Å². The second-order valence-corrected chi connectivity index (χ2v) is 8.13. The van der Waals surface area contributed by atoms with Crippen molar-refractivity contribution in [1.82, 2.24) is 5.32 Å². The molecule has 1 saturated carbocycles. The normalized spacial score (nSPS) is 36.5. The minimum Gasteiger partial charge on any atom is -0.382 e. The van der Waals surface area contributed by atoms with Gasteiger partial charge in [-0.1, -0.05) is 58.4 Å². The molecule has 3 aliphatic carbocycles. The van der Waals surface area contributed by atoms with Crippen molar-refractivity contribution in [3.63, 3.8) is 0 Å².